The average Bonchev–Trinajstić information content (AvgIpc) is 2.55. The van der Waals surface area contributed by atoms with Crippen LogP contribution in [-0.4, -0.2) is 43.0 Å². The summed E-state index contributed by atoms with van der Waals surface area (Å²) >= 11 is 0. The van der Waals surface area contributed by atoms with E-state index in [0.29, 0.717) is 18.7 Å². The van der Waals surface area contributed by atoms with E-state index in [9.17, 15) is 13.6 Å². The predicted molar refractivity (Wildman–Crippen MR) is 86.0 cm³/mol. The SMILES string of the molecule is CCCNC(=O)CN1CCC(NCc2cc(F)ccc2F)CC1. The molecule has 1 aromatic carbocycles. The van der Waals surface area contributed by atoms with Gasteiger partial charge in [0.05, 0.1) is 6.54 Å². The molecule has 0 unspecified atom stereocenters. The van der Waals surface area contributed by atoms with E-state index >= 15 is 0 Å². The number of benzene rings is 1. The molecule has 0 spiro atoms. The van der Waals surface area contributed by atoms with Crippen molar-refractivity contribution in [1.29, 1.82) is 0 Å². The van der Waals surface area contributed by atoms with Crippen LogP contribution in [0.3, 0.4) is 0 Å². The Balaban J connectivity index is 1.70. The van der Waals surface area contributed by atoms with Crippen LogP contribution in [0, 0.1) is 11.6 Å². The van der Waals surface area contributed by atoms with Gasteiger partial charge in [-0.25, -0.2) is 8.78 Å². The third-order valence-electron chi connectivity index (χ3n) is 4.12. The van der Waals surface area contributed by atoms with Crippen molar-refractivity contribution in [3.8, 4) is 0 Å². The molecule has 128 valence electrons. The Labute approximate surface area is 136 Å². The first kappa shape index (κ1) is 17.8. The Bertz CT molecular complexity index is 517. The predicted octanol–water partition coefficient (Wildman–Crippen LogP) is 2.04. The highest BCUT2D eigenvalue weighted by Gasteiger charge is 2.20. The van der Waals surface area contributed by atoms with Gasteiger partial charge in [-0.3, -0.25) is 9.69 Å². The van der Waals surface area contributed by atoms with Crippen LogP contribution >= 0.6 is 0 Å². The van der Waals surface area contributed by atoms with E-state index in [1.165, 1.54) is 6.07 Å². The number of nitrogens with zero attached hydrogens (tertiary/aromatic N) is 1. The fourth-order valence-electron chi connectivity index (χ4n) is 2.75. The molecule has 0 atom stereocenters. The molecule has 0 bridgehead atoms. The molecule has 1 fully saturated rings. The van der Waals surface area contributed by atoms with Gasteiger partial charge in [0.1, 0.15) is 11.6 Å². The number of nitrogens with one attached hydrogen (secondary N) is 2. The topological polar surface area (TPSA) is 44.4 Å². The summed E-state index contributed by atoms with van der Waals surface area (Å²) in [6.45, 7) is 5.18. The van der Waals surface area contributed by atoms with Gasteiger partial charge in [0.2, 0.25) is 5.91 Å². The smallest absolute Gasteiger partial charge is 0.234 e. The highest BCUT2D eigenvalue weighted by Crippen LogP contribution is 2.13. The normalized spacial score (nSPS) is 16.5. The molecule has 2 N–H and O–H groups in total. The Morgan fingerprint density at radius 3 is 2.74 bits per heavy atom. The first-order valence-corrected chi connectivity index (χ1v) is 8.25. The quantitative estimate of drug-likeness (QED) is 0.806. The minimum absolute atomic E-state index is 0.0695. The summed E-state index contributed by atoms with van der Waals surface area (Å²) in [4.78, 5) is 13.8. The van der Waals surface area contributed by atoms with Crippen molar-refractivity contribution in [2.75, 3.05) is 26.2 Å². The second-order valence-electron chi connectivity index (χ2n) is 6.02. The molecule has 1 heterocycles. The fraction of sp³-hybridized carbons (Fsp3) is 0.588. The summed E-state index contributed by atoms with van der Waals surface area (Å²) in [5.74, 6) is -0.736. The molecular formula is C17H25F2N3O. The van der Waals surface area contributed by atoms with Crippen molar-refractivity contribution in [3.63, 3.8) is 0 Å². The highest BCUT2D eigenvalue weighted by atomic mass is 19.1. The van der Waals surface area contributed by atoms with E-state index in [-0.39, 0.29) is 17.8 Å². The Morgan fingerprint density at radius 1 is 1.30 bits per heavy atom. The minimum atomic E-state index is -0.420. The lowest BCUT2D eigenvalue weighted by Gasteiger charge is -2.32. The molecule has 1 aliphatic rings. The van der Waals surface area contributed by atoms with E-state index in [1.807, 2.05) is 6.92 Å². The molecule has 1 aliphatic heterocycles. The molecule has 0 aromatic heterocycles. The molecule has 1 amide bonds. The zero-order valence-electron chi connectivity index (χ0n) is 13.6. The van der Waals surface area contributed by atoms with Crippen LogP contribution < -0.4 is 10.6 Å². The Hall–Kier alpha value is -1.53. The van der Waals surface area contributed by atoms with E-state index < -0.39 is 5.82 Å². The van der Waals surface area contributed by atoms with Crippen molar-refractivity contribution < 1.29 is 13.6 Å². The maximum atomic E-state index is 13.6. The summed E-state index contributed by atoms with van der Waals surface area (Å²) < 4.78 is 26.7. The van der Waals surface area contributed by atoms with Crippen molar-refractivity contribution in [2.45, 2.75) is 38.8 Å². The molecular weight excluding hydrogens is 300 g/mol. The monoisotopic (exact) mass is 325 g/mol. The Morgan fingerprint density at radius 2 is 2.04 bits per heavy atom. The number of likely N-dealkylation sites (tertiary alicyclic amines) is 1. The summed E-state index contributed by atoms with van der Waals surface area (Å²) in [6, 6.07) is 3.79. The standard InChI is InChI=1S/C17H25F2N3O/c1-2-7-20-17(23)12-22-8-5-15(6-9-22)21-11-13-10-14(18)3-4-16(13)19/h3-4,10,15,21H,2,5-9,11-12H2,1H3,(H,20,23). The molecule has 0 saturated carbocycles. The van der Waals surface area contributed by atoms with Gasteiger partial charge in [0.25, 0.3) is 0 Å². The van der Waals surface area contributed by atoms with Gasteiger partial charge < -0.3 is 10.6 Å². The highest BCUT2D eigenvalue weighted by molar-refractivity contribution is 5.77. The van der Waals surface area contributed by atoms with Crippen LogP contribution in [-0.2, 0) is 11.3 Å². The third kappa shape index (κ3) is 5.88. The fourth-order valence-corrected chi connectivity index (χ4v) is 2.75. The summed E-state index contributed by atoms with van der Waals surface area (Å²) in [7, 11) is 0. The van der Waals surface area contributed by atoms with E-state index in [1.54, 1.807) is 0 Å². The number of hydrogen-bond acceptors (Lipinski definition) is 3. The minimum Gasteiger partial charge on any atom is -0.355 e. The zero-order chi connectivity index (χ0) is 16.7. The number of amides is 1. The van der Waals surface area contributed by atoms with Crippen molar-refractivity contribution in [2.24, 2.45) is 0 Å². The molecule has 6 heteroatoms. The molecule has 23 heavy (non-hydrogen) atoms. The van der Waals surface area contributed by atoms with Gasteiger partial charge >= 0.3 is 0 Å². The molecule has 1 saturated heterocycles. The Kier molecular flexibility index (Phi) is 6.92. The van der Waals surface area contributed by atoms with Gasteiger partial charge in [0.15, 0.2) is 0 Å². The zero-order valence-corrected chi connectivity index (χ0v) is 13.6. The van der Waals surface area contributed by atoms with Gasteiger partial charge in [-0.2, -0.15) is 0 Å². The molecule has 4 nitrogen and oxygen atoms in total. The average molecular weight is 325 g/mol. The van der Waals surface area contributed by atoms with Gasteiger partial charge in [-0.05, 0) is 37.5 Å². The maximum Gasteiger partial charge on any atom is 0.234 e. The van der Waals surface area contributed by atoms with Crippen LogP contribution in [0.4, 0.5) is 8.78 Å². The van der Waals surface area contributed by atoms with Gasteiger partial charge in [0, 0.05) is 37.8 Å². The second-order valence-corrected chi connectivity index (χ2v) is 6.02. The maximum absolute atomic E-state index is 13.6. The number of carbonyl (C=O) groups excluding carboxylic acids is 1. The van der Waals surface area contributed by atoms with E-state index in [0.717, 1.165) is 51.0 Å². The van der Waals surface area contributed by atoms with Crippen LogP contribution in [0.1, 0.15) is 31.7 Å². The van der Waals surface area contributed by atoms with Crippen LogP contribution in [0.2, 0.25) is 0 Å². The first-order chi connectivity index (χ1) is 11.1. The second kappa shape index (κ2) is 8.93. The lowest BCUT2D eigenvalue weighted by atomic mass is 10.0. The van der Waals surface area contributed by atoms with Crippen molar-refractivity contribution in [1.82, 2.24) is 15.5 Å². The number of carbonyl (C=O) groups is 1. The number of piperidine rings is 1. The summed E-state index contributed by atoms with van der Waals surface area (Å²) in [5.41, 5.74) is 0.353. The van der Waals surface area contributed by atoms with Crippen molar-refractivity contribution in [3.05, 3.63) is 35.4 Å². The lowest BCUT2D eigenvalue weighted by molar-refractivity contribution is -0.122. The largest absolute Gasteiger partial charge is 0.355 e. The van der Waals surface area contributed by atoms with Crippen LogP contribution in [0.15, 0.2) is 18.2 Å². The molecule has 2 rings (SSSR count). The first-order valence-electron chi connectivity index (χ1n) is 8.25. The van der Waals surface area contributed by atoms with Crippen LogP contribution in [0.25, 0.3) is 0 Å². The number of rotatable bonds is 7. The molecule has 1 aromatic rings. The summed E-state index contributed by atoms with van der Waals surface area (Å²) in [6.07, 6.45) is 2.74. The van der Waals surface area contributed by atoms with Crippen LogP contribution in [0.5, 0.6) is 0 Å². The summed E-state index contributed by atoms with van der Waals surface area (Å²) in [5, 5.41) is 6.16. The lowest BCUT2D eigenvalue weighted by Crippen LogP contribution is -2.46. The molecule has 0 radical (unpaired) electrons. The van der Waals surface area contributed by atoms with Gasteiger partial charge in [-0.15, -0.1) is 0 Å². The van der Waals surface area contributed by atoms with E-state index in [2.05, 4.69) is 15.5 Å². The van der Waals surface area contributed by atoms with E-state index in [4.69, 9.17) is 0 Å². The van der Waals surface area contributed by atoms with Gasteiger partial charge in [-0.1, -0.05) is 6.92 Å². The number of halogens is 2. The third-order valence-corrected chi connectivity index (χ3v) is 4.12. The van der Waals surface area contributed by atoms with Crippen molar-refractivity contribution >= 4 is 5.91 Å². The molecule has 0 aliphatic carbocycles. The number of hydrogen-bond donors (Lipinski definition) is 2.